The van der Waals surface area contributed by atoms with E-state index in [-0.39, 0.29) is 49.6 Å². The zero-order valence-electron chi connectivity index (χ0n) is 18.3. The molecule has 0 radical (unpaired) electrons. The lowest BCUT2D eigenvalue weighted by Crippen LogP contribution is -2.39. The van der Waals surface area contributed by atoms with Gasteiger partial charge in [-0.15, -0.1) is 0 Å². The molecule has 2 aromatic rings. The smallest absolute Gasteiger partial charge is 0.417 e. The summed E-state index contributed by atoms with van der Waals surface area (Å²) >= 11 is 30.2. The van der Waals surface area contributed by atoms with Crippen LogP contribution >= 0.6 is 58.0 Å². The zero-order chi connectivity index (χ0) is 26.0. The van der Waals surface area contributed by atoms with Crippen LogP contribution in [-0.2, 0) is 10.9 Å². The van der Waals surface area contributed by atoms with E-state index in [9.17, 15) is 13.2 Å². The Hall–Kier alpha value is -1.41. The van der Waals surface area contributed by atoms with E-state index < -0.39 is 17.3 Å². The summed E-state index contributed by atoms with van der Waals surface area (Å²) in [6, 6.07) is 4.07. The third-order valence-corrected chi connectivity index (χ3v) is 6.71. The van der Waals surface area contributed by atoms with Gasteiger partial charge in [0.2, 0.25) is 5.88 Å². The number of hydrogen-bond donors (Lipinski definition) is 0. The van der Waals surface area contributed by atoms with Gasteiger partial charge >= 0.3 is 6.18 Å². The molecule has 3 unspecified atom stereocenters. The topological polar surface area (TPSA) is 31.4 Å². The number of benzene rings is 1. The third kappa shape index (κ3) is 6.88. The number of hydrogen-bond acceptors (Lipinski definition) is 3. The first kappa shape index (κ1) is 28.2. The van der Waals surface area contributed by atoms with Gasteiger partial charge in [0, 0.05) is 12.1 Å². The number of rotatable bonds is 7. The van der Waals surface area contributed by atoms with Crippen LogP contribution in [0.15, 0.2) is 59.3 Å². The third-order valence-electron chi connectivity index (χ3n) is 5.57. The molecule has 0 spiro atoms. The predicted octanol–water partition coefficient (Wildman–Crippen LogP) is 9.79. The van der Waals surface area contributed by atoms with E-state index in [0.717, 1.165) is 11.6 Å². The van der Waals surface area contributed by atoms with Crippen LogP contribution < -0.4 is 4.74 Å². The van der Waals surface area contributed by atoms with Crippen LogP contribution in [0, 0.1) is 5.92 Å². The second kappa shape index (κ2) is 11.3. The van der Waals surface area contributed by atoms with Crippen molar-refractivity contribution in [2.24, 2.45) is 5.92 Å². The Kier molecular flexibility index (Phi) is 9.11. The molecule has 1 aliphatic rings. The molecular weight excluding hydrogens is 569 g/mol. The Labute approximate surface area is 226 Å². The highest BCUT2D eigenvalue weighted by atomic mass is 35.5. The Morgan fingerprint density at radius 2 is 1.77 bits per heavy atom. The number of nitrogens with zero attached hydrogens (tertiary/aromatic N) is 1. The summed E-state index contributed by atoms with van der Waals surface area (Å²) in [4.78, 5) is 3.66. The molecule has 1 aromatic carbocycles. The number of pyridine rings is 1. The molecule has 1 aliphatic carbocycles. The lowest BCUT2D eigenvalue weighted by Gasteiger charge is -2.39. The van der Waals surface area contributed by atoms with E-state index in [0.29, 0.717) is 6.20 Å². The van der Waals surface area contributed by atoms with Gasteiger partial charge in [0.1, 0.15) is 9.51 Å². The summed E-state index contributed by atoms with van der Waals surface area (Å²) in [5, 5.41) is -0.0404. The normalized spacial score (nSPS) is 20.6. The van der Waals surface area contributed by atoms with Gasteiger partial charge in [-0.05, 0) is 42.7 Å². The Morgan fingerprint density at radius 3 is 2.34 bits per heavy atom. The number of ether oxygens (including phenoxy) is 2. The van der Waals surface area contributed by atoms with E-state index in [1.165, 1.54) is 0 Å². The van der Waals surface area contributed by atoms with Crippen molar-refractivity contribution in [2.45, 2.75) is 31.5 Å². The summed E-state index contributed by atoms with van der Waals surface area (Å²) in [5.41, 5.74) is -0.871. The second-order valence-corrected chi connectivity index (χ2v) is 10.2. The highest BCUT2D eigenvalue weighted by molar-refractivity contribution is 6.55. The standard InChI is InChI=1S/C24H19Cl5F3NO2/c1-13(16-5-3-4-7-23(16,2)34-8-6-20(28)29)14-9-17(25)21(18(26)10-14)35-22-19(27)11-15(12-33-22)24(30,31)32/h3-7,9-13,16H,8H2,1-2H3. The maximum Gasteiger partial charge on any atom is 0.417 e. The number of aromatic nitrogens is 1. The van der Waals surface area contributed by atoms with Crippen molar-refractivity contribution in [1.29, 1.82) is 0 Å². The maximum absolute atomic E-state index is 12.9. The van der Waals surface area contributed by atoms with Crippen LogP contribution in [0.25, 0.3) is 0 Å². The van der Waals surface area contributed by atoms with Gasteiger partial charge < -0.3 is 9.47 Å². The molecule has 1 aromatic heterocycles. The Balaban J connectivity index is 1.86. The Bertz CT molecular complexity index is 1160. The van der Waals surface area contributed by atoms with Crippen molar-refractivity contribution in [3.8, 4) is 11.6 Å². The number of alkyl halides is 3. The minimum Gasteiger partial charge on any atom is -0.434 e. The van der Waals surface area contributed by atoms with Crippen molar-refractivity contribution in [2.75, 3.05) is 6.61 Å². The average Bonchev–Trinajstić information content (AvgIpc) is 2.75. The molecular formula is C24H19Cl5F3NO2. The molecule has 0 aliphatic heterocycles. The minimum atomic E-state index is -4.59. The molecule has 1 heterocycles. The van der Waals surface area contributed by atoms with Gasteiger partial charge in [-0.2, -0.15) is 13.2 Å². The molecule has 0 amide bonds. The van der Waals surface area contributed by atoms with E-state index in [4.69, 9.17) is 67.5 Å². The molecule has 3 nitrogen and oxygen atoms in total. The van der Waals surface area contributed by atoms with Crippen LogP contribution in [-0.4, -0.2) is 17.2 Å². The quantitative estimate of drug-likeness (QED) is 0.323. The lowest BCUT2D eigenvalue weighted by atomic mass is 9.74. The molecule has 0 fully saturated rings. The molecule has 0 bridgehead atoms. The fraction of sp³-hybridized carbons (Fsp3) is 0.292. The highest BCUT2D eigenvalue weighted by Gasteiger charge is 2.37. The number of allylic oxidation sites excluding steroid dienone is 2. The average molecular weight is 588 g/mol. The van der Waals surface area contributed by atoms with Crippen molar-refractivity contribution >= 4 is 58.0 Å². The monoisotopic (exact) mass is 585 g/mol. The minimum absolute atomic E-state index is 0.0263. The molecule has 35 heavy (non-hydrogen) atoms. The van der Waals surface area contributed by atoms with Gasteiger partial charge in [0.15, 0.2) is 5.75 Å². The van der Waals surface area contributed by atoms with Crippen molar-refractivity contribution in [1.82, 2.24) is 4.98 Å². The van der Waals surface area contributed by atoms with Crippen LogP contribution in [0.3, 0.4) is 0 Å². The predicted molar refractivity (Wildman–Crippen MR) is 135 cm³/mol. The maximum atomic E-state index is 12.9. The van der Waals surface area contributed by atoms with Crippen LogP contribution in [0.2, 0.25) is 15.1 Å². The van der Waals surface area contributed by atoms with E-state index in [2.05, 4.69) is 4.98 Å². The first-order valence-corrected chi connectivity index (χ1v) is 12.1. The zero-order valence-corrected chi connectivity index (χ0v) is 22.1. The van der Waals surface area contributed by atoms with Crippen molar-refractivity contribution in [3.05, 3.63) is 85.5 Å². The molecule has 3 atom stereocenters. The first-order valence-electron chi connectivity index (χ1n) is 10.2. The largest absolute Gasteiger partial charge is 0.434 e. The van der Waals surface area contributed by atoms with Crippen molar-refractivity contribution < 1.29 is 22.6 Å². The number of halogens is 8. The highest BCUT2D eigenvalue weighted by Crippen LogP contribution is 2.44. The lowest BCUT2D eigenvalue weighted by molar-refractivity contribution is -0.137. The van der Waals surface area contributed by atoms with E-state index in [1.54, 1.807) is 18.2 Å². The van der Waals surface area contributed by atoms with Crippen LogP contribution in [0.1, 0.15) is 30.9 Å². The van der Waals surface area contributed by atoms with Gasteiger partial charge in [-0.3, -0.25) is 0 Å². The second-order valence-electron chi connectivity index (χ2n) is 7.97. The molecule has 188 valence electrons. The molecule has 0 saturated carbocycles. The molecule has 0 N–H and O–H groups in total. The van der Waals surface area contributed by atoms with Gasteiger partial charge in [0.25, 0.3) is 0 Å². The summed E-state index contributed by atoms with van der Waals surface area (Å²) in [7, 11) is 0. The van der Waals surface area contributed by atoms with Gasteiger partial charge in [-0.1, -0.05) is 89.2 Å². The van der Waals surface area contributed by atoms with E-state index >= 15 is 0 Å². The molecule has 3 rings (SSSR count). The first-order chi connectivity index (χ1) is 16.3. The fourth-order valence-corrected chi connectivity index (χ4v) is 4.64. The molecule has 0 saturated heterocycles. The summed E-state index contributed by atoms with van der Waals surface area (Å²) in [6.07, 6.45) is 5.38. The van der Waals surface area contributed by atoms with Crippen LogP contribution in [0.4, 0.5) is 13.2 Å². The fourth-order valence-electron chi connectivity index (χ4n) is 3.72. The van der Waals surface area contributed by atoms with Crippen LogP contribution in [0.5, 0.6) is 11.6 Å². The Morgan fingerprint density at radius 1 is 1.11 bits per heavy atom. The summed E-state index contributed by atoms with van der Waals surface area (Å²) in [6.45, 7) is 4.16. The van der Waals surface area contributed by atoms with Crippen molar-refractivity contribution in [3.63, 3.8) is 0 Å². The van der Waals surface area contributed by atoms with E-state index in [1.807, 2.05) is 38.2 Å². The van der Waals surface area contributed by atoms with Gasteiger partial charge in [0.05, 0.1) is 27.8 Å². The SMILES string of the molecule is CC(c1cc(Cl)c(Oc2ncc(C(F)(F)F)cc2Cl)c(Cl)c1)C1C=CC=CC1(C)OCC=C(Cl)Cl. The summed E-state index contributed by atoms with van der Waals surface area (Å²) < 4.78 is 50.4. The van der Waals surface area contributed by atoms with Gasteiger partial charge in [-0.25, -0.2) is 4.98 Å². The molecule has 11 heteroatoms. The summed E-state index contributed by atoms with van der Waals surface area (Å²) in [5.74, 6) is -0.427.